The predicted octanol–water partition coefficient (Wildman–Crippen LogP) is 3.12. The van der Waals surface area contributed by atoms with Gasteiger partial charge in [-0.3, -0.25) is 14.9 Å². The van der Waals surface area contributed by atoms with Crippen molar-refractivity contribution in [2.75, 3.05) is 5.32 Å². The van der Waals surface area contributed by atoms with Gasteiger partial charge in [0.05, 0.1) is 4.92 Å². The smallest absolute Gasteiger partial charge is 0.269 e. The Morgan fingerprint density at radius 2 is 1.76 bits per heavy atom. The molecular weight excluding hydrogens is 270 g/mol. The Labute approximate surface area is 121 Å². The lowest BCUT2D eigenvalue weighted by Gasteiger charge is -2.00. The van der Waals surface area contributed by atoms with Gasteiger partial charge in [-0.1, -0.05) is 12.2 Å². The first kappa shape index (κ1) is 14.4. The van der Waals surface area contributed by atoms with Crippen LogP contribution in [0.5, 0.6) is 0 Å². The topological polar surface area (TPSA) is 85.1 Å². The van der Waals surface area contributed by atoms with Crippen molar-refractivity contribution >= 4 is 29.6 Å². The van der Waals surface area contributed by atoms with E-state index in [2.05, 4.69) is 10.3 Å². The number of non-ortho nitro benzene ring substituents is 1. The van der Waals surface area contributed by atoms with Crippen LogP contribution in [-0.2, 0) is 4.79 Å². The summed E-state index contributed by atoms with van der Waals surface area (Å²) >= 11 is 0. The number of nitrogens with zero attached hydrogens (tertiary/aromatic N) is 2. The molecule has 0 fully saturated rings. The van der Waals surface area contributed by atoms with Crippen molar-refractivity contribution in [1.82, 2.24) is 4.98 Å². The third-order valence-electron chi connectivity index (χ3n) is 2.66. The molecule has 1 amide bonds. The van der Waals surface area contributed by atoms with Gasteiger partial charge in [0.2, 0.25) is 5.91 Å². The largest absolute Gasteiger partial charge is 0.311 e. The van der Waals surface area contributed by atoms with E-state index in [1.54, 1.807) is 24.4 Å². The van der Waals surface area contributed by atoms with Crippen molar-refractivity contribution in [2.24, 2.45) is 0 Å². The first-order chi connectivity index (χ1) is 10.0. The number of hydrogen-bond acceptors (Lipinski definition) is 4. The third kappa shape index (κ3) is 4.24. The average Bonchev–Trinajstić information content (AvgIpc) is 2.46. The number of carbonyl (C=O) groups excluding carboxylic acids is 1. The maximum absolute atomic E-state index is 10.9. The van der Waals surface area contributed by atoms with Crippen molar-refractivity contribution < 1.29 is 9.72 Å². The highest BCUT2D eigenvalue weighted by molar-refractivity contribution is 5.87. The molecule has 0 atom stereocenters. The number of aromatic nitrogens is 1. The molecule has 1 N–H and O–H groups in total. The second-order valence-electron chi connectivity index (χ2n) is 4.34. The molecular formula is C15H13N3O3. The van der Waals surface area contributed by atoms with Crippen molar-refractivity contribution in [2.45, 2.75) is 6.92 Å². The van der Waals surface area contributed by atoms with Gasteiger partial charge in [0.25, 0.3) is 5.69 Å². The van der Waals surface area contributed by atoms with Gasteiger partial charge >= 0.3 is 0 Å². The van der Waals surface area contributed by atoms with Crippen molar-refractivity contribution in [3.8, 4) is 0 Å². The van der Waals surface area contributed by atoms with Crippen LogP contribution in [0.25, 0.3) is 12.2 Å². The van der Waals surface area contributed by atoms with Gasteiger partial charge < -0.3 is 5.32 Å². The van der Waals surface area contributed by atoms with E-state index < -0.39 is 4.92 Å². The van der Waals surface area contributed by atoms with Gasteiger partial charge in [0.1, 0.15) is 5.82 Å². The highest BCUT2D eigenvalue weighted by Gasteiger charge is 2.02. The monoisotopic (exact) mass is 283 g/mol. The summed E-state index contributed by atoms with van der Waals surface area (Å²) in [5, 5.41) is 13.1. The third-order valence-corrected chi connectivity index (χ3v) is 2.66. The van der Waals surface area contributed by atoms with Gasteiger partial charge in [-0.2, -0.15) is 0 Å². The van der Waals surface area contributed by atoms with Crippen LogP contribution in [-0.4, -0.2) is 15.8 Å². The summed E-state index contributed by atoms with van der Waals surface area (Å²) in [6.07, 6.45) is 5.30. The SMILES string of the molecule is CC(=O)Nc1ccc(C=Cc2ccc([N+](=O)[O-])cc2)cn1. The normalized spacial score (nSPS) is 10.5. The summed E-state index contributed by atoms with van der Waals surface area (Å²) in [5.41, 5.74) is 1.78. The van der Waals surface area contributed by atoms with Crippen molar-refractivity contribution in [1.29, 1.82) is 0 Å². The zero-order valence-electron chi connectivity index (χ0n) is 11.3. The number of hydrogen-bond donors (Lipinski definition) is 1. The van der Waals surface area contributed by atoms with Crippen LogP contribution >= 0.6 is 0 Å². The van der Waals surface area contributed by atoms with Gasteiger partial charge in [0.15, 0.2) is 0 Å². The molecule has 0 saturated carbocycles. The molecule has 0 bridgehead atoms. The summed E-state index contributed by atoms with van der Waals surface area (Å²) < 4.78 is 0. The predicted molar refractivity (Wildman–Crippen MR) is 80.6 cm³/mol. The zero-order chi connectivity index (χ0) is 15.2. The Morgan fingerprint density at radius 3 is 2.29 bits per heavy atom. The molecule has 0 spiro atoms. The van der Waals surface area contributed by atoms with Gasteiger partial charge in [-0.05, 0) is 35.4 Å². The number of amides is 1. The van der Waals surface area contributed by atoms with Crippen LogP contribution < -0.4 is 5.32 Å². The summed E-state index contributed by atoms with van der Waals surface area (Å²) in [4.78, 5) is 25.1. The first-order valence-electron chi connectivity index (χ1n) is 6.21. The molecule has 6 nitrogen and oxygen atoms in total. The summed E-state index contributed by atoms with van der Waals surface area (Å²) in [6.45, 7) is 1.42. The number of nitro benzene ring substituents is 1. The van der Waals surface area contributed by atoms with Gasteiger partial charge in [-0.25, -0.2) is 4.98 Å². The fourth-order valence-electron chi connectivity index (χ4n) is 1.66. The minimum Gasteiger partial charge on any atom is -0.311 e. The molecule has 2 rings (SSSR count). The Kier molecular flexibility index (Phi) is 4.40. The minimum absolute atomic E-state index is 0.0634. The number of carbonyl (C=O) groups is 1. The number of nitrogens with one attached hydrogen (secondary N) is 1. The highest BCUT2D eigenvalue weighted by atomic mass is 16.6. The minimum atomic E-state index is -0.432. The standard InChI is InChI=1S/C15H13N3O3/c1-11(19)17-15-9-6-13(10-16-15)3-2-12-4-7-14(8-5-12)18(20)21/h2-10H,1H3,(H,16,17,19). The van der Waals surface area contributed by atoms with Crippen LogP contribution in [0, 0.1) is 10.1 Å². The summed E-state index contributed by atoms with van der Waals surface area (Å²) in [6, 6.07) is 9.79. The van der Waals surface area contributed by atoms with Crippen LogP contribution in [0.4, 0.5) is 11.5 Å². The number of anilines is 1. The lowest BCUT2D eigenvalue weighted by molar-refractivity contribution is -0.384. The molecule has 0 radical (unpaired) electrons. The Bertz CT molecular complexity index is 676. The quantitative estimate of drug-likeness (QED) is 0.690. The Hall–Kier alpha value is -3.02. The maximum Gasteiger partial charge on any atom is 0.269 e. The van der Waals surface area contributed by atoms with E-state index in [1.807, 2.05) is 18.2 Å². The fourth-order valence-corrected chi connectivity index (χ4v) is 1.66. The van der Waals surface area contributed by atoms with Crippen molar-refractivity contribution in [3.63, 3.8) is 0 Å². The Morgan fingerprint density at radius 1 is 1.14 bits per heavy atom. The van der Waals surface area contributed by atoms with Crippen LogP contribution in [0.2, 0.25) is 0 Å². The average molecular weight is 283 g/mol. The van der Waals surface area contributed by atoms with E-state index >= 15 is 0 Å². The second kappa shape index (κ2) is 6.42. The van der Waals surface area contributed by atoms with E-state index in [0.717, 1.165) is 11.1 Å². The summed E-state index contributed by atoms with van der Waals surface area (Å²) in [7, 11) is 0. The lowest BCUT2D eigenvalue weighted by atomic mass is 10.1. The first-order valence-corrected chi connectivity index (χ1v) is 6.21. The molecule has 0 saturated heterocycles. The summed E-state index contributed by atoms with van der Waals surface area (Å²) in [5.74, 6) is 0.326. The molecule has 1 heterocycles. The molecule has 0 unspecified atom stereocenters. The van der Waals surface area contributed by atoms with E-state index in [-0.39, 0.29) is 11.6 Å². The molecule has 0 aliphatic heterocycles. The van der Waals surface area contributed by atoms with Crippen LogP contribution in [0.15, 0.2) is 42.6 Å². The van der Waals surface area contributed by atoms with Gasteiger partial charge in [-0.15, -0.1) is 0 Å². The lowest BCUT2D eigenvalue weighted by Crippen LogP contribution is -2.06. The van der Waals surface area contributed by atoms with Crippen LogP contribution in [0.3, 0.4) is 0 Å². The second-order valence-corrected chi connectivity index (χ2v) is 4.34. The molecule has 21 heavy (non-hydrogen) atoms. The number of rotatable bonds is 4. The molecule has 1 aromatic carbocycles. The van der Waals surface area contributed by atoms with Gasteiger partial charge in [0, 0.05) is 25.3 Å². The van der Waals surface area contributed by atoms with E-state index in [4.69, 9.17) is 0 Å². The van der Waals surface area contributed by atoms with E-state index in [1.165, 1.54) is 19.1 Å². The number of nitro groups is 1. The number of pyridine rings is 1. The molecule has 1 aromatic heterocycles. The van der Waals surface area contributed by atoms with E-state index in [9.17, 15) is 14.9 Å². The molecule has 0 aliphatic carbocycles. The Balaban J connectivity index is 2.06. The molecule has 2 aromatic rings. The molecule has 0 aliphatic rings. The van der Waals surface area contributed by atoms with E-state index in [0.29, 0.717) is 5.82 Å². The highest BCUT2D eigenvalue weighted by Crippen LogP contribution is 2.14. The molecule has 106 valence electrons. The maximum atomic E-state index is 10.9. The molecule has 6 heteroatoms. The number of benzene rings is 1. The van der Waals surface area contributed by atoms with Crippen molar-refractivity contribution in [3.05, 3.63) is 63.8 Å². The van der Waals surface area contributed by atoms with Crippen LogP contribution in [0.1, 0.15) is 18.1 Å². The zero-order valence-corrected chi connectivity index (χ0v) is 11.3. The fraction of sp³-hybridized carbons (Fsp3) is 0.0667.